The molecule has 1 amide bonds. The molecule has 5 heteroatoms. The van der Waals surface area contributed by atoms with Crippen LogP contribution in [0.4, 0.5) is 8.78 Å². The summed E-state index contributed by atoms with van der Waals surface area (Å²) in [7, 11) is 0. The number of amides is 1. The molecule has 1 heterocycles. The maximum atomic E-state index is 14.0. The third-order valence-corrected chi connectivity index (χ3v) is 5.09. The molecule has 1 saturated carbocycles. The molecule has 3 nitrogen and oxygen atoms in total. The van der Waals surface area contributed by atoms with Crippen molar-refractivity contribution in [3.05, 3.63) is 35.4 Å². The van der Waals surface area contributed by atoms with E-state index in [2.05, 4.69) is 10.6 Å². The van der Waals surface area contributed by atoms with E-state index in [4.69, 9.17) is 0 Å². The number of nitrogens with one attached hydrogen (secondary N) is 2. The Labute approximate surface area is 129 Å². The topological polar surface area (TPSA) is 41.1 Å². The minimum atomic E-state index is -0.568. The second kappa shape index (κ2) is 5.61. The molecule has 1 aromatic carbocycles. The first kappa shape index (κ1) is 15.4. The number of piperidine rings is 1. The second-order valence-corrected chi connectivity index (χ2v) is 6.93. The van der Waals surface area contributed by atoms with Gasteiger partial charge in [0.15, 0.2) is 0 Å². The van der Waals surface area contributed by atoms with Crippen molar-refractivity contribution in [2.75, 3.05) is 19.6 Å². The van der Waals surface area contributed by atoms with Gasteiger partial charge in [0.2, 0.25) is 5.91 Å². The Morgan fingerprint density at radius 2 is 2.09 bits per heavy atom. The second-order valence-electron chi connectivity index (χ2n) is 6.93. The average Bonchev–Trinajstić information content (AvgIpc) is 3.26. The Morgan fingerprint density at radius 3 is 2.68 bits per heavy atom. The van der Waals surface area contributed by atoms with Crippen molar-refractivity contribution >= 4 is 5.91 Å². The van der Waals surface area contributed by atoms with Gasteiger partial charge in [0.1, 0.15) is 11.6 Å². The highest BCUT2D eigenvalue weighted by atomic mass is 19.1. The lowest BCUT2D eigenvalue weighted by Crippen LogP contribution is -2.50. The lowest BCUT2D eigenvalue weighted by atomic mass is 9.81. The van der Waals surface area contributed by atoms with Crippen molar-refractivity contribution < 1.29 is 13.6 Å². The molecule has 1 atom stereocenters. The van der Waals surface area contributed by atoms with Gasteiger partial charge in [-0.2, -0.15) is 0 Å². The third-order valence-electron chi connectivity index (χ3n) is 5.09. The number of rotatable bonds is 4. The van der Waals surface area contributed by atoms with E-state index >= 15 is 0 Å². The average molecular weight is 308 g/mol. The highest BCUT2D eigenvalue weighted by Crippen LogP contribution is 2.48. The van der Waals surface area contributed by atoms with Crippen LogP contribution in [0.1, 0.15) is 38.2 Å². The summed E-state index contributed by atoms with van der Waals surface area (Å²) in [5, 5.41) is 6.25. The van der Waals surface area contributed by atoms with Gasteiger partial charge in [0.05, 0.1) is 5.41 Å². The fraction of sp³-hybridized carbons (Fsp3) is 0.588. The lowest BCUT2D eigenvalue weighted by Gasteiger charge is -2.33. The molecular weight excluding hydrogens is 286 g/mol. The predicted molar refractivity (Wildman–Crippen MR) is 80.5 cm³/mol. The highest BCUT2D eigenvalue weighted by Gasteiger charge is 2.47. The maximum absolute atomic E-state index is 14.0. The molecule has 0 unspecified atom stereocenters. The van der Waals surface area contributed by atoms with Crippen LogP contribution in [0.3, 0.4) is 0 Å². The van der Waals surface area contributed by atoms with E-state index in [0.717, 1.165) is 38.3 Å². The number of hydrogen-bond donors (Lipinski definition) is 2. The van der Waals surface area contributed by atoms with Gasteiger partial charge < -0.3 is 10.6 Å². The van der Waals surface area contributed by atoms with Gasteiger partial charge in [0, 0.05) is 24.6 Å². The Bertz CT molecular complexity index is 578. The molecular formula is C17H22F2N2O. The van der Waals surface area contributed by atoms with Gasteiger partial charge in [-0.1, -0.05) is 6.07 Å². The van der Waals surface area contributed by atoms with Crippen molar-refractivity contribution in [3.8, 4) is 0 Å². The Morgan fingerprint density at radius 1 is 1.32 bits per heavy atom. The Hall–Kier alpha value is -1.49. The molecule has 0 aromatic heterocycles. The number of halogens is 2. The normalized spacial score (nSPS) is 26.5. The van der Waals surface area contributed by atoms with E-state index in [1.807, 2.05) is 6.92 Å². The van der Waals surface area contributed by atoms with Crippen molar-refractivity contribution in [2.24, 2.45) is 5.41 Å². The summed E-state index contributed by atoms with van der Waals surface area (Å²) in [5.74, 6) is -1.06. The molecule has 120 valence electrons. The predicted octanol–water partition coefficient (Wildman–Crippen LogP) is 2.50. The van der Waals surface area contributed by atoms with Crippen LogP contribution in [-0.2, 0) is 10.2 Å². The summed E-state index contributed by atoms with van der Waals surface area (Å²) in [6.07, 6.45) is 3.50. The number of carbonyl (C=O) groups excluding carboxylic acids is 1. The molecule has 2 aliphatic rings. The first-order valence-electron chi connectivity index (χ1n) is 7.90. The first-order chi connectivity index (χ1) is 10.5. The Balaban J connectivity index is 1.67. The zero-order valence-electron chi connectivity index (χ0n) is 12.8. The highest BCUT2D eigenvalue weighted by molar-refractivity contribution is 5.82. The van der Waals surface area contributed by atoms with Crippen molar-refractivity contribution in [3.63, 3.8) is 0 Å². The molecule has 1 saturated heterocycles. The summed E-state index contributed by atoms with van der Waals surface area (Å²) in [4.78, 5) is 12.5. The van der Waals surface area contributed by atoms with Crippen molar-refractivity contribution in [1.82, 2.24) is 10.6 Å². The van der Waals surface area contributed by atoms with Gasteiger partial charge in [-0.3, -0.25) is 4.79 Å². The molecule has 1 aromatic rings. The lowest BCUT2D eigenvalue weighted by molar-refractivity contribution is -0.131. The molecule has 0 radical (unpaired) electrons. The summed E-state index contributed by atoms with van der Waals surface area (Å²) >= 11 is 0. The van der Waals surface area contributed by atoms with Crippen LogP contribution in [-0.4, -0.2) is 25.5 Å². The van der Waals surface area contributed by atoms with Crippen molar-refractivity contribution in [1.29, 1.82) is 0 Å². The third kappa shape index (κ3) is 2.86. The van der Waals surface area contributed by atoms with E-state index < -0.39 is 17.0 Å². The van der Waals surface area contributed by atoms with E-state index in [0.29, 0.717) is 18.7 Å². The minimum Gasteiger partial charge on any atom is -0.355 e. The van der Waals surface area contributed by atoms with Crippen LogP contribution in [0.2, 0.25) is 0 Å². The zero-order valence-corrected chi connectivity index (χ0v) is 12.8. The van der Waals surface area contributed by atoms with E-state index in [9.17, 15) is 13.6 Å². The standard InChI is InChI=1S/C17H22F2N2O/c1-16(5-2-8-20-10-16)15(22)21-11-17(6-7-17)13-4-3-12(18)9-14(13)19/h3-4,9,20H,2,5-8,10-11H2,1H3,(H,21,22)/t16-/m1/s1. The van der Waals surface area contributed by atoms with Crippen LogP contribution >= 0.6 is 0 Å². The SMILES string of the molecule is C[C@@]1(C(=O)NCC2(c3ccc(F)cc3F)CC2)CCCNC1. The zero-order chi connectivity index (χ0) is 15.8. The molecule has 22 heavy (non-hydrogen) atoms. The monoisotopic (exact) mass is 308 g/mol. The molecule has 3 rings (SSSR count). The summed E-state index contributed by atoms with van der Waals surface area (Å²) in [6, 6.07) is 3.71. The van der Waals surface area contributed by atoms with E-state index in [-0.39, 0.29) is 11.3 Å². The number of hydrogen-bond acceptors (Lipinski definition) is 2. The summed E-state index contributed by atoms with van der Waals surface area (Å²) in [5.41, 5.74) is -0.234. The van der Waals surface area contributed by atoms with Gasteiger partial charge >= 0.3 is 0 Å². The van der Waals surface area contributed by atoms with Crippen LogP contribution in [0.15, 0.2) is 18.2 Å². The van der Waals surface area contributed by atoms with Crippen LogP contribution in [0, 0.1) is 17.0 Å². The quantitative estimate of drug-likeness (QED) is 0.897. The summed E-state index contributed by atoms with van der Waals surface area (Å²) < 4.78 is 27.0. The van der Waals surface area contributed by atoms with Gasteiger partial charge in [-0.25, -0.2) is 8.78 Å². The molecule has 1 aliphatic carbocycles. The van der Waals surface area contributed by atoms with Gasteiger partial charge in [0.25, 0.3) is 0 Å². The van der Waals surface area contributed by atoms with E-state index in [1.165, 1.54) is 12.1 Å². The summed E-state index contributed by atoms with van der Waals surface area (Å²) in [6.45, 7) is 4.01. The molecule has 1 aliphatic heterocycles. The molecule has 2 N–H and O–H groups in total. The molecule has 2 fully saturated rings. The van der Waals surface area contributed by atoms with Crippen molar-refractivity contribution in [2.45, 2.75) is 38.0 Å². The van der Waals surface area contributed by atoms with Crippen LogP contribution in [0.5, 0.6) is 0 Å². The smallest absolute Gasteiger partial charge is 0.227 e. The number of benzene rings is 1. The minimum absolute atomic E-state index is 0.0218. The number of carbonyl (C=O) groups is 1. The fourth-order valence-corrected chi connectivity index (χ4v) is 3.32. The maximum Gasteiger partial charge on any atom is 0.227 e. The molecule has 0 spiro atoms. The van der Waals surface area contributed by atoms with E-state index in [1.54, 1.807) is 0 Å². The molecule has 0 bridgehead atoms. The van der Waals surface area contributed by atoms with Gasteiger partial charge in [-0.15, -0.1) is 0 Å². The van der Waals surface area contributed by atoms with Crippen LogP contribution < -0.4 is 10.6 Å². The fourth-order valence-electron chi connectivity index (χ4n) is 3.32. The van der Waals surface area contributed by atoms with Crippen LogP contribution in [0.25, 0.3) is 0 Å². The Kier molecular flexibility index (Phi) is 3.93. The first-order valence-corrected chi connectivity index (χ1v) is 7.90. The van der Waals surface area contributed by atoms with Gasteiger partial charge in [-0.05, 0) is 50.8 Å². The largest absolute Gasteiger partial charge is 0.355 e.